The van der Waals surface area contributed by atoms with Gasteiger partial charge in [0.1, 0.15) is 0 Å². The van der Waals surface area contributed by atoms with Gasteiger partial charge in [-0.25, -0.2) is 4.79 Å². The molecule has 0 aromatic heterocycles. The molecule has 0 heterocycles. The molecule has 0 saturated heterocycles. The highest BCUT2D eigenvalue weighted by molar-refractivity contribution is 5.90. The average Bonchev–Trinajstić information content (AvgIpc) is 2.28. The number of carbonyl (C=O) groups is 2. The minimum Gasteiger partial charge on any atom is -0.466 e. The molecule has 0 N–H and O–H groups in total. The molecule has 1 atom stereocenters. The van der Waals surface area contributed by atoms with Crippen LogP contribution in [0.15, 0.2) is 11.1 Å². The van der Waals surface area contributed by atoms with Gasteiger partial charge in [-0.15, -0.1) is 0 Å². The van der Waals surface area contributed by atoms with E-state index in [1.54, 1.807) is 20.8 Å². The molecular formula is C14H22O4. The van der Waals surface area contributed by atoms with Gasteiger partial charge in [-0.05, 0) is 27.2 Å². The first kappa shape index (κ1) is 14.7. The highest BCUT2D eigenvalue weighted by Crippen LogP contribution is 2.52. The lowest BCUT2D eigenvalue weighted by Gasteiger charge is -2.46. The number of rotatable bonds is 4. The third-order valence-electron chi connectivity index (χ3n) is 3.66. The summed E-state index contributed by atoms with van der Waals surface area (Å²) in [5, 5.41) is 0. The van der Waals surface area contributed by atoms with Gasteiger partial charge in [0.05, 0.1) is 19.1 Å². The Balaban J connectivity index is 2.83. The van der Waals surface area contributed by atoms with Crippen molar-refractivity contribution in [2.75, 3.05) is 13.2 Å². The van der Waals surface area contributed by atoms with Crippen molar-refractivity contribution in [2.24, 2.45) is 11.3 Å². The number of esters is 2. The van der Waals surface area contributed by atoms with E-state index < -0.39 is 0 Å². The fourth-order valence-electron chi connectivity index (χ4n) is 2.42. The van der Waals surface area contributed by atoms with Gasteiger partial charge in [0.25, 0.3) is 0 Å². The van der Waals surface area contributed by atoms with Crippen LogP contribution in [0.2, 0.25) is 0 Å². The molecule has 0 amide bonds. The number of ether oxygens (including phenoxy) is 2. The van der Waals surface area contributed by atoms with E-state index in [9.17, 15) is 9.59 Å². The van der Waals surface area contributed by atoms with Crippen LogP contribution in [0.4, 0.5) is 0 Å². The Labute approximate surface area is 108 Å². The van der Waals surface area contributed by atoms with Gasteiger partial charge in [0, 0.05) is 11.0 Å². The molecular weight excluding hydrogens is 232 g/mol. The highest BCUT2D eigenvalue weighted by Gasteiger charge is 2.50. The van der Waals surface area contributed by atoms with Crippen LogP contribution in [0.5, 0.6) is 0 Å². The van der Waals surface area contributed by atoms with Crippen molar-refractivity contribution >= 4 is 11.9 Å². The molecule has 0 aromatic carbocycles. The van der Waals surface area contributed by atoms with Crippen LogP contribution in [0.3, 0.4) is 0 Å². The second-order valence-electron chi connectivity index (χ2n) is 5.05. The van der Waals surface area contributed by atoms with Crippen molar-refractivity contribution in [1.29, 1.82) is 0 Å². The van der Waals surface area contributed by atoms with Crippen LogP contribution in [-0.2, 0) is 19.1 Å². The fraction of sp³-hybridized carbons (Fsp3) is 0.714. The molecule has 4 nitrogen and oxygen atoms in total. The zero-order valence-electron chi connectivity index (χ0n) is 11.8. The Kier molecular flexibility index (Phi) is 4.54. The summed E-state index contributed by atoms with van der Waals surface area (Å²) in [6.45, 7) is 10.0. The van der Waals surface area contributed by atoms with Gasteiger partial charge in [0.2, 0.25) is 0 Å². The summed E-state index contributed by atoms with van der Waals surface area (Å²) in [6, 6.07) is 0. The summed E-state index contributed by atoms with van der Waals surface area (Å²) < 4.78 is 10.0. The normalized spacial score (nSPS) is 23.9. The Bertz CT molecular complexity index is 379. The highest BCUT2D eigenvalue weighted by atomic mass is 16.5. The van der Waals surface area contributed by atoms with E-state index in [0.717, 1.165) is 5.57 Å². The number of hydrogen-bond donors (Lipinski definition) is 0. The van der Waals surface area contributed by atoms with Gasteiger partial charge >= 0.3 is 11.9 Å². The van der Waals surface area contributed by atoms with E-state index in [4.69, 9.17) is 9.47 Å². The van der Waals surface area contributed by atoms with Gasteiger partial charge in [-0.2, -0.15) is 0 Å². The molecule has 0 bridgehead atoms. The van der Waals surface area contributed by atoms with Gasteiger partial charge in [-0.3, -0.25) is 4.79 Å². The molecule has 0 aromatic rings. The van der Waals surface area contributed by atoms with Crippen molar-refractivity contribution < 1.29 is 19.1 Å². The van der Waals surface area contributed by atoms with Crippen LogP contribution >= 0.6 is 0 Å². The maximum Gasteiger partial charge on any atom is 0.333 e. The summed E-state index contributed by atoms with van der Waals surface area (Å²) in [4.78, 5) is 23.4. The molecule has 102 valence electrons. The van der Waals surface area contributed by atoms with Crippen LogP contribution in [-0.4, -0.2) is 25.2 Å². The summed E-state index contributed by atoms with van der Waals surface area (Å²) in [7, 11) is 0. The largest absolute Gasteiger partial charge is 0.466 e. The summed E-state index contributed by atoms with van der Waals surface area (Å²) >= 11 is 0. The zero-order valence-corrected chi connectivity index (χ0v) is 11.8. The van der Waals surface area contributed by atoms with Crippen molar-refractivity contribution in [1.82, 2.24) is 0 Å². The SMILES string of the molecule is CCOC(=O)C(C)=C1CC(C(=O)OCC)C1(C)C. The van der Waals surface area contributed by atoms with E-state index in [1.165, 1.54) is 0 Å². The van der Waals surface area contributed by atoms with E-state index >= 15 is 0 Å². The topological polar surface area (TPSA) is 52.6 Å². The van der Waals surface area contributed by atoms with Gasteiger partial charge in [0.15, 0.2) is 0 Å². The maximum atomic E-state index is 11.7. The molecule has 0 aliphatic heterocycles. The molecule has 1 fully saturated rings. The lowest BCUT2D eigenvalue weighted by atomic mass is 9.57. The first-order valence-electron chi connectivity index (χ1n) is 6.40. The third-order valence-corrected chi connectivity index (χ3v) is 3.66. The summed E-state index contributed by atoms with van der Waals surface area (Å²) in [5.41, 5.74) is 1.31. The summed E-state index contributed by atoms with van der Waals surface area (Å²) in [6.07, 6.45) is 0.594. The molecule has 1 aliphatic carbocycles. The lowest BCUT2D eigenvalue weighted by Crippen LogP contribution is -2.44. The lowest BCUT2D eigenvalue weighted by molar-refractivity contribution is -0.155. The molecule has 1 aliphatic rings. The second-order valence-corrected chi connectivity index (χ2v) is 5.05. The monoisotopic (exact) mass is 254 g/mol. The van der Waals surface area contributed by atoms with Crippen LogP contribution in [0.25, 0.3) is 0 Å². The Morgan fingerprint density at radius 3 is 2.22 bits per heavy atom. The van der Waals surface area contributed by atoms with Crippen molar-refractivity contribution in [3.63, 3.8) is 0 Å². The Hall–Kier alpha value is -1.32. The van der Waals surface area contributed by atoms with Crippen molar-refractivity contribution in [3.8, 4) is 0 Å². The van der Waals surface area contributed by atoms with Crippen LogP contribution in [0, 0.1) is 11.3 Å². The third kappa shape index (κ3) is 2.57. The Morgan fingerprint density at radius 2 is 1.78 bits per heavy atom. The predicted octanol–water partition coefficient (Wildman–Crippen LogP) is 2.48. The fourth-order valence-corrected chi connectivity index (χ4v) is 2.42. The first-order valence-corrected chi connectivity index (χ1v) is 6.40. The summed E-state index contributed by atoms with van der Waals surface area (Å²) in [5.74, 6) is -0.623. The van der Waals surface area contributed by atoms with Crippen LogP contribution in [0.1, 0.15) is 41.0 Å². The first-order chi connectivity index (χ1) is 8.36. The molecule has 1 rings (SSSR count). The van der Waals surface area contributed by atoms with Crippen molar-refractivity contribution in [2.45, 2.75) is 41.0 Å². The molecule has 18 heavy (non-hydrogen) atoms. The van der Waals surface area contributed by atoms with E-state index in [1.807, 2.05) is 13.8 Å². The van der Waals surface area contributed by atoms with Gasteiger partial charge < -0.3 is 9.47 Å². The standard InChI is InChI=1S/C14H22O4/c1-6-17-12(15)9(3)10-8-11(14(10,4)5)13(16)18-7-2/h11H,6-8H2,1-5H3. The molecule has 1 unspecified atom stereocenters. The van der Waals surface area contributed by atoms with E-state index in [2.05, 4.69) is 0 Å². The van der Waals surface area contributed by atoms with Crippen molar-refractivity contribution in [3.05, 3.63) is 11.1 Å². The van der Waals surface area contributed by atoms with Gasteiger partial charge in [-0.1, -0.05) is 19.4 Å². The average molecular weight is 254 g/mol. The minimum absolute atomic E-state index is 0.156. The zero-order chi connectivity index (χ0) is 13.9. The smallest absolute Gasteiger partial charge is 0.333 e. The quantitative estimate of drug-likeness (QED) is 0.571. The van der Waals surface area contributed by atoms with Crippen LogP contribution < -0.4 is 0 Å². The molecule has 1 saturated carbocycles. The van der Waals surface area contributed by atoms with E-state index in [0.29, 0.717) is 25.2 Å². The molecule has 0 radical (unpaired) electrons. The second kappa shape index (κ2) is 5.55. The predicted molar refractivity (Wildman–Crippen MR) is 67.9 cm³/mol. The number of hydrogen-bond acceptors (Lipinski definition) is 4. The number of allylic oxidation sites excluding steroid dienone is 1. The minimum atomic E-state index is -0.316. The van der Waals surface area contributed by atoms with E-state index in [-0.39, 0.29) is 23.3 Å². The molecule has 0 spiro atoms. The maximum absolute atomic E-state index is 11.7. The number of carbonyl (C=O) groups excluding carboxylic acids is 2. The Morgan fingerprint density at radius 1 is 1.22 bits per heavy atom. The molecule has 4 heteroatoms.